The van der Waals surface area contributed by atoms with Crippen molar-refractivity contribution in [3.63, 3.8) is 0 Å². The number of rotatable bonds is 7. The predicted molar refractivity (Wildman–Crippen MR) is 101 cm³/mol. The SMILES string of the molecule is COC(=O)CCSc1nnc(-c2ccccc2)n1-c1ccc(OC)cc1. The minimum atomic E-state index is -0.240. The Morgan fingerprint density at radius 3 is 2.42 bits per heavy atom. The Balaban J connectivity index is 1.96. The van der Waals surface area contributed by atoms with Gasteiger partial charge in [-0.05, 0) is 24.3 Å². The highest BCUT2D eigenvalue weighted by molar-refractivity contribution is 7.99. The molecular weight excluding hydrogens is 350 g/mol. The molecule has 26 heavy (non-hydrogen) atoms. The van der Waals surface area contributed by atoms with E-state index in [1.165, 1.54) is 18.9 Å². The van der Waals surface area contributed by atoms with E-state index in [1.54, 1.807) is 7.11 Å². The van der Waals surface area contributed by atoms with E-state index in [0.29, 0.717) is 12.2 Å². The van der Waals surface area contributed by atoms with Crippen molar-refractivity contribution in [1.82, 2.24) is 14.8 Å². The second-order valence-electron chi connectivity index (χ2n) is 5.38. The number of carbonyl (C=O) groups excluding carboxylic acids is 1. The summed E-state index contributed by atoms with van der Waals surface area (Å²) in [6, 6.07) is 17.6. The number of esters is 1. The van der Waals surface area contributed by atoms with Gasteiger partial charge >= 0.3 is 5.97 Å². The lowest BCUT2D eigenvalue weighted by atomic mass is 10.2. The highest BCUT2D eigenvalue weighted by Gasteiger charge is 2.16. The third-order valence-corrected chi connectivity index (χ3v) is 4.69. The second kappa shape index (κ2) is 8.53. The topological polar surface area (TPSA) is 66.2 Å². The molecule has 0 radical (unpaired) electrons. The molecular formula is C19H19N3O3S. The van der Waals surface area contributed by atoms with Crippen molar-refractivity contribution in [3.05, 3.63) is 54.6 Å². The average Bonchev–Trinajstić information content (AvgIpc) is 3.12. The summed E-state index contributed by atoms with van der Waals surface area (Å²) in [7, 11) is 3.03. The molecule has 1 heterocycles. The molecule has 0 saturated carbocycles. The zero-order valence-electron chi connectivity index (χ0n) is 14.6. The second-order valence-corrected chi connectivity index (χ2v) is 6.44. The van der Waals surface area contributed by atoms with Crippen molar-refractivity contribution < 1.29 is 14.3 Å². The van der Waals surface area contributed by atoms with Gasteiger partial charge in [-0.1, -0.05) is 42.1 Å². The first kappa shape index (κ1) is 18.0. The molecule has 0 atom stereocenters. The van der Waals surface area contributed by atoms with Gasteiger partial charge in [-0.3, -0.25) is 9.36 Å². The lowest BCUT2D eigenvalue weighted by molar-refractivity contribution is -0.140. The van der Waals surface area contributed by atoms with Crippen LogP contribution in [0.15, 0.2) is 59.8 Å². The maximum atomic E-state index is 11.4. The molecule has 2 aromatic carbocycles. The van der Waals surface area contributed by atoms with Gasteiger partial charge in [0.25, 0.3) is 0 Å². The van der Waals surface area contributed by atoms with Crippen LogP contribution in [0.1, 0.15) is 6.42 Å². The molecule has 3 rings (SSSR count). The van der Waals surface area contributed by atoms with E-state index < -0.39 is 0 Å². The van der Waals surface area contributed by atoms with Gasteiger partial charge in [-0.2, -0.15) is 0 Å². The first-order chi connectivity index (χ1) is 12.7. The van der Waals surface area contributed by atoms with Crippen LogP contribution in [0.2, 0.25) is 0 Å². The van der Waals surface area contributed by atoms with Crippen molar-refractivity contribution in [2.24, 2.45) is 0 Å². The maximum Gasteiger partial charge on any atom is 0.306 e. The number of ether oxygens (including phenoxy) is 2. The maximum absolute atomic E-state index is 11.4. The molecule has 3 aromatic rings. The zero-order valence-corrected chi connectivity index (χ0v) is 15.4. The third-order valence-electron chi connectivity index (χ3n) is 3.76. The number of benzene rings is 2. The standard InChI is InChI=1S/C19H19N3O3S/c1-24-16-10-8-15(9-11-16)22-18(14-6-4-3-5-7-14)20-21-19(22)26-13-12-17(23)25-2/h3-11H,12-13H2,1-2H3. The molecule has 6 nitrogen and oxygen atoms in total. The summed E-state index contributed by atoms with van der Waals surface area (Å²) >= 11 is 1.47. The van der Waals surface area contributed by atoms with Gasteiger partial charge in [0.2, 0.25) is 0 Å². The minimum Gasteiger partial charge on any atom is -0.497 e. The van der Waals surface area contributed by atoms with Crippen molar-refractivity contribution >= 4 is 17.7 Å². The lowest BCUT2D eigenvalue weighted by Crippen LogP contribution is -2.03. The van der Waals surface area contributed by atoms with Gasteiger partial charge in [0.05, 0.1) is 20.6 Å². The number of thioether (sulfide) groups is 1. The molecule has 0 fully saturated rings. The number of nitrogens with zero attached hydrogens (tertiary/aromatic N) is 3. The van der Waals surface area contributed by atoms with Crippen molar-refractivity contribution in [1.29, 1.82) is 0 Å². The summed E-state index contributed by atoms with van der Waals surface area (Å²) < 4.78 is 11.9. The van der Waals surface area contributed by atoms with Gasteiger partial charge in [-0.25, -0.2) is 0 Å². The van der Waals surface area contributed by atoms with E-state index in [-0.39, 0.29) is 5.97 Å². The summed E-state index contributed by atoms with van der Waals surface area (Å²) in [5.41, 5.74) is 1.89. The quantitative estimate of drug-likeness (QED) is 0.468. The fraction of sp³-hybridized carbons (Fsp3) is 0.211. The van der Waals surface area contributed by atoms with Gasteiger partial charge in [0.1, 0.15) is 5.75 Å². The van der Waals surface area contributed by atoms with Crippen LogP contribution in [0.25, 0.3) is 17.1 Å². The molecule has 0 aliphatic carbocycles. The fourth-order valence-electron chi connectivity index (χ4n) is 2.43. The van der Waals surface area contributed by atoms with E-state index in [4.69, 9.17) is 9.47 Å². The van der Waals surface area contributed by atoms with Crippen molar-refractivity contribution in [3.8, 4) is 22.8 Å². The molecule has 0 aliphatic heterocycles. The molecule has 0 unspecified atom stereocenters. The zero-order chi connectivity index (χ0) is 18.4. The Labute approximate surface area is 156 Å². The third kappa shape index (κ3) is 4.05. The molecule has 134 valence electrons. The van der Waals surface area contributed by atoms with E-state index >= 15 is 0 Å². The van der Waals surface area contributed by atoms with Crippen LogP contribution in [-0.4, -0.2) is 40.7 Å². The van der Waals surface area contributed by atoms with Gasteiger partial charge in [0, 0.05) is 17.0 Å². The van der Waals surface area contributed by atoms with Crippen LogP contribution in [-0.2, 0) is 9.53 Å². The summed E-state index contributed by atoms with van der Waals surface area (Å²) in [6.07, 6.45) is 0.317. The summed E-state index contributed by atoms with van der Waals surface area (Å²) in [5.74, 6) is 1.85. The van der Waals surface area contributed by atoms with Crippen LogP contribution < -0.4 is 4.74 Å². The van der Waals surface area contributed by atoms with Gasteiger partial charge in [0.15, 0.2) is 11.0 Å². The largest absolute Gasteiger partial charge is 0.497 e. The number of hydrogen-bond donors (Lipinski definition) is 0. The molecule has 0 amide bonds. The molecule has 0 spiro atoms. The Hall–Kier alpha value is -2.80. The first-order valence-corrected chi connectivity index (χ1v) is 9.06. The molecule has 0 N–H and O–H groups in total. The Bertz CT molecular complexity index is 863. The van der Waals surface area contributed by atoms with E-state index in [0.717, 1.165) is 28.0 Å². The minimum absolute atomic E-state index is 0.240. The lowest BCUT2D eigenvalue weighted by Gasteiger charge is -2.11. The Morgan fingerprint density at radius 2 is 1.77 bits per heavy atom. The number of methoxy groups -OCH3 is 2. The highest BCUT2D eigenvalue weighted by Crippen LogP contribution is 2.29. The van der Waals surface area contributed by atoms with E-state index in [1.807, 2.05) is 59.2 Å². The molecule has 1 aromatic heterocycles. The molecule has 0 bridgehead atoms. The molecule has 7 heteroatoms. The predicted octanol–water partition coefficient (Wildman–Crippen LogP) is 3.60. The summed E-state index contributed by atoms with van der Waals surface area (Å²) in [5, 5.41) is 9.42. The van der Waals surface area contributed by atoms with Crippen LogP contribution in [0.4, 0.5) is 0 Å². The Morgan fingerprint density at radius 1 is 1.04 bits per heavy atom. The van der Waals surface area contributed by atoms with E-state index in [2.05, 4.69) is 10.2 Å². The fourth-order valence-corrected chi connectivity index (χ4v) is 3.30. The Kier molecular flexibility index (Phi) is 5.91. The van der Waals surface area contributed by atoms with Crippen LogP contribution in [0.5, 0.6) is 5.75 Å². The smallest absolute Gasteiger partial charge is 0.306 e. The average molecular weight is 369 g/mol. The number of aromatic nitrogens is 3. The van der Waals surface area contributed by atoms with Crippen LogP contribution >= 0.6 is 11.8 Å². The number of carbonyl (C=O) groups is 1. The normalized spacial score (nSPS) is 10.5. The number of hydrogen-bond acceptors (Lipinski definition) is 6. The molecule has 0 saturated heterocycles. The highest BCUT2D eigenvalue weighted by atomic mass is 32.2. The van der Waals surface area contributed by atoms with Crippen molar-refractivity contribution in [2.75, 3.05) is 20.0 Å². The van der Waals surface area contributed by atoms with Crippen LogP contribution in [0, 0.1) is 0 Å². The van der Waals surface area contributed by atoms with Crippen molar-refractivity contribution in [2.45, 2.75) is 11.6 Å². The first-order valence-electron chi connectivity index (χ1n) is 8.08. The molecule has 0 aliphatic rings. The van der Waals surface area contributed by atoms with Gasteiger partial charge in [-0.15, -0.1) is 10.2 Å². The summed E-state index contributed by atoms with van der Waals surface area (Å²) in [4.78, 5) is 11.4. The van der Waals surface area contributed by atoms with Gasteiger partial charge < -0.3 is 9.47 Å². The van der Waals surface area contributed by atoms with E-state index in [9.17, 15) is 4.79 Å². The van der Waals surface area contributed by atoms with Crippen LogP contribution in [0.3, 0.4) is 0 Å². The summed E-state index contributed by atoms with van der Waals surface area (Å²) in [6.45, 7) is 0. The monoisotopic (exact) mass is 369 g/mol.